The zero-order chi connectivity index (χ0) is 45.7. The van der Waals surface area contributed by atoms with Crippen molar-refractivity contribution in [2.75, 3.05) is 52.5 Å². The molecular formula is C49H102N2O9. The average Bonchev–Trinajstić information content (AvgIpc) is 3.19. The minimum atomic E-state index is -1.16. The number of rotatable bonds is 40. The van der Waals surface area contributed by atoms with Gasteiger partial charge in [0, 0.05) is 26.2 Å². The monoisotopic (exact) mass is 863 g/mol. The van der Waals surface area contributed by atoms with Crippen LogP contribution in [0.5, 0.6) is 0 Å². The summed E-state index contributed by atoms with van der Waals surface area (Å²) in [6.45, 7) is 21.2. The van der Waals surface area contributed by atoms with Crippen molar-refractivity contribution in [3.05, 3.63) is 0 Å². The summed E-state index contributed by atoms with van der Waals surface area (Å²) < 4.78 is 10.6. The number of carbonyl (C=O) groups excluding carboxylic acids is 2. The van der Waals surface area contributed by atoms with Gasteiger partial charge in [0.25, 0.3) is 0 Å². The van der Waals surface area contributed by atoms with Crippen LogP contribution in [0.3, 0.4) is 0 Å². The van der Waals surface area contributed by atoms with Crippen LogP contribution in [0.25, 0.3) is 0 Å². The first kappa shape index (κ1) is 63.0. The lowest BCUT2D eigenvalue weighted by atomic mass is 10.1. The van der Waals surface area contributed by atoms with Gasteiger partial charge in [0.15, 0.2) is 0 Å². The van der Waals surface area contributed by atoms with Crippen LogP contribution in [0.15, 0.2) is 0 Å². The highest BCUT2D eigenvalue weighted by molar-refractivity contribution is 5.73. The van der Waals surface area contributed by atoms with Crippen LogP contribution >= 0.6 is 0 Å². The molecule has 0 rings (SSSR count). The van der Waals surface area contributed by atoms with Gasteiger partial charge >= 0.3 is 11.9 Å². The minimum absolute atomic E-state index is 0.237. The van der Waals surface area contributed by atoms with E-state index < -0.39 is 42.5 Å². The van der Waals surface area contributed by atoms with Gasteiger partial charge in [-0.2, -0.15) is 0 Å². The second-order valence-electron chi connectivity index (χ2n) is 17.1. The molecule has 362 valence electrons. The van der Waals surface area contributed by atoms with E-state index in [0.29, 0.717) is 45.4 Å². The van der Waals surface area contributed by atoms with Crippen molar-refractivity contribution >= 4 is 11.9 Å². The molecule has 11 nitrogen and oxygen atoms in total. The lowest BCUT2D eigenvalue weighted by Crippen LogP contribution is -2.38. The molecule has 0 amide bonds. The number of esters is 2. The molecule has 0 aromatic rings. The van der Waals surface area contributed by atoms with Crippen molar-refractivity contribution < 1.29 is 44.6 Å². The maximum absolute atomic E-state index is 12.3. The van der Waals surface area contributed by atoms with E-state index >= 15 is 0 Å². The quantitative estimate of drug-likeness (QED) is 0.0295. The summed E-state index contributed by atoms with van der Waals surface area (Å²) in [5, 5.41) is 52.2. The zero-order valence-corrected chi connectivity index (χ0v) is 40.7. The number of nitrogens with zero attached hydrogens (tertiary/aromatic N) is 2. The van der Waals surface area contributed by atoms with Gasteiger partial charge in [0.1, 0.15) is 0 Å². The fourth-order valence-corrected chi connectivity index (χ4v) is 6.70. The summed E-state index contributed by atoms with van der Waals surface area (Å²) in [6.07, 6.45) is 20.4. The maximum atomic E-state index is 12.3. The predicted molar refractivity (Wildman–Crippen MR) is 250 cm³/mol. The van der Waals surface area contributed by atoms with Gasteiger partial charge in [-0.15, -0.1) is 0 Å². The molecule has 0 fully saturated rings. The number of hydrogen-bond donors (Lipinski definition) is 5. The number of aliphatic hydroxyl groups excluding tert-OH is 5. The molecule has 11 heteroatoms. The number of unbranched alkanes of at least 4 members (excludes halogenated alkanes) is 13. The summed E-state index contributed by atoms with van der Waals surface area (Å²) in [5.41, 5.74) is 0. The van der Waals surface area contributed by atoms with E-state index in [1.807, 2.05) is 6.92 Å². The molecular weight excluding hydrogens is 761 g/mol. The van der Waals surface area contributed by atoms with Crippen LogP contribution in [-0.2, 0) is 19.1 Å². The number of carbonyl (C=O) groups is 2. The normalized spacial score (nSPS) is 13.8. The molecule has 0 radical (unpaired) electrons. The highest BCUT2D eigenvalue weighted by atomic mass is 16.5. The van der Waals surface area contributed by atoms with Gasteiger partial charge in [-0.25, -0.2) is 0 Å². The molecule has 5 N–H and O–H groups in total. The van der Waals surface area contributed by atoms with E-state index in [0.717, 1.165) is 103 Å². The molecule has 5 atom stereocenters. The van der Waals surface area contributed by atoms with Crippen molar-refractivity contribution in [2.24, 2.45) is 0 Å². The van der Waals surface area contributed by atoms with Crippen molar-refractivity contribution in [3.63, 3.8) is 0 Å². The van der Waals surface area contributed by atoms with E-state index in [2.05, 4.69) is 58.3 Å². The summed E-state index contributed by atoms with van der Waals surface area (Å²) in [4.78, 5) is 28.8. The molecule has 0 aliphatic heterocycles. The Morgan fingerprint density at radius 1 is 0.400 bits per heavy atom. The van der Waals surface area contributed by atoms with Crippen molar-refractivity contribution in [1.29, 1.82) is 0 Å². The molecule has 0 saturated carbocycles. The van der Waals surface area contributed by atoms with Gasteiger partial charge in [0.05, 0.1) is 56.6 Å². The first-order valence-corrected chi connectivity index (χ1v) is 25.0. The smallest absolute Gasteiger partial charge is 0.308 e. The first-order chi connectivity index (χ1) is 28.9. The van der Waals surface area contributed by atoms with E-state index in [4.69, 9.17) is 9.47 Å². The SMILES string of the molecule is CCC.CCC.CCCCCCC(O)CN(CCCCCOC(=O)CC(O)CC(=O)OCCCCCN(CC(O)CCCCCC)CC(O)CCCCCC)CC(O)CC. The maximum Gasteiger partial charge on any atom is 0.308 e. The average molecular weight is 863 g/mol. The summed E-state index contributed by atoms with van der Waals surface area (Å²) in [6, 6.07) is 0. The Morgan fingerprint density at radius 3 is 1.00 bits per heavy atom. The summed E-state index contributed by atoms with van der Waals surface area (Å²) in [7, 11) is 0. The van der Waals surface area contributed by atoms with Crippen molar-refractivity contribution in [3.8, 4) is 0 Å². The largest absolute Gasteiger partial charge is 0.466 e. The Balaban J connectivity index is -0.00000507. The second kappa shape index (κ2) is 48.7. The van der Waals surface area contributed by atoms with Crippen LogP contribution < -0.4 is 0 Å². The van der Waals surface area contributed by atoms with E-state index in [-0.39, 0.29) is 26.1 Å². The standard InChI is InChI=1S/C43H86N2O9.2C3H8/c1-5-9-12-17-24-38(47)34-44(33-37(46)8-4)27-20-15-22-29-53-42(51)31-41(50)32-43(52)54-30-23-16-21-28-45(35-39(48)25-18-13-10-6-2)36-40(49)26-19-14-11-7-3;2*1-3-2/h37-41,46-50H,5-36H2,1-4H3;2*3H2,1-2H3. The number of aliphatic hydroxyl groups is 5. The Bertz CT molecular complexity index is 862. The van der Waals surface area contributed by atoms with Crippen LogP contribution in [0.4, 0.5) is 0 Å². The van der Waals surface area contributed by atoms with E-state index in [9.17, 15) is 35.1 Å². The molecule has 0 bridgehead atoms. The van der Waals surface area contributed by atoms with Crippen LogP contribution in [0, 0.1) is 0 Å². The molecule has 5 unspecified atom stereocenters. The van der Waals surface area contributed by atoms with E-state index in [1.165, 1.54) is 44.9 Å². The first-order valence-electron chi connectivity index (χ1n) is 25.0. The third-order valence-corrected chi connectivity index (χ3v) is 10.1. The Morgan fingerprint density at radius 2 is 0.700 bits per heavy atom. The van der Waals surface area contributed by atoms with Gasteiger partial charge in [-0.3, -0.25) is 19.4 Å². The molecule has 0 aliphatic carbocycles. The fraction of sp³-hybridized carbons (Fsp3) is 0.959. The molecule has 0 aromatic carbocycles. The Hall–Kier alpha value is -1.34. The molecule has 0 spiro atoms. The van der Waals surface area contributed by atoms with Gasteiger partial charge < -0.3 is 35.0 Å². The minimum Gasteiger partial charge on any atom is -0.466 e. The van der Waals surface area contributed by atoms with Crippen LogP contribution in [0.1, 0.15) is 222 Å². The van der Waals surface area contributed by atoms with Gasteiger partial charge in [-0.1, -0.05) is 145 Å². The highest BCUT2D eigenvalue weighted by Gasteiger charge is 2.19. The van der Waals surface area contributed by atoms with Crippen molar-refractivity contribution in [1.82, 2.24) is 9.80 Å². The predicted octanol–water partition coefficient (Wildman–Crippen LogP) is 9.76. The second-order valence-corrected chi connectivity index (χ2v) is 17.1. The summed E-state index contributed by atoms with van der Waals surface area (Å²) in [5.74, 6) is -1.09. The van der Waals surface area contributed by atoms with Crippen LogP contribution in [0.2, 0.25) is 0 Å². The third kappa shape index (κ3) is 47.7. The van der Waals surface area contributed by atoms with Crippen molar-refractivity contribution in [2.45, 2.75) is 253 Å². The Kier molecular flexibility index (Phi) is 51.1. The Labute approximate surface area is 370 Å². The van der Waals surface area contributed by atoms with Gasteiger partial charge in [0.2, 0.25) is 0 Å². The molecule has 0 heterocycles. The lowest BCUT2D eigenvalue weighted by molar-refractivity contribution is -0.149. The molecule has 0 saturated heterocycles. The van der Waals surface area contributed by atoms with Gasteiger partial charge in [-0.05, 0) is 77.3 Å². The number of hydrogen-bond acceptors (Lipinski definition) is 11. The summed E-state index contributed by atoms with van der Waals surface area (Å²) >= 11 is 0. The number of ether oxygens (including phenoxy) is 2. The molecule has 0 aliphatic rings. The molecule has 0 aromatic heterocycles. The zero-order valence-electron chi connectivity index (χ0n) is 40.7. The molecule has 60 heavy (non-hydrogen) atoms. The fourth-order valence-electron chi connectivity index (χ4n) is 6.70. The lowest BCUT2D eigenvalue weighted by Gasteiger charge is -2.27. The third-order valence-electron chi connectivity index (χ3n) is 10.1. The van der Waals surface area contributed by atoms with E-state index in [1.54, 1.807) is 0 Å². The topological polar surface area (TPSA) is 160 Å². The highest BCUT2D eigenvalue weighted by Crippen LogP contribution is 2.13. The van der Waals surface area contributed by atoms with Crippen LogP contribution in [-0.4, -0.2) is 130 Å².